The molecule has 0 aromatic heterocycles. The molecule has 1 heterocycles. The van der Waals surface area contributed by atoms with Crippen LogP contribution in [0.3, 0.4) is 0 Å². The number of nitriles is 1. The number of likely N-dealkylation sites (tertiary alicyclic amines) is 1. The summed E-state index contributed by atoms with van der Waals surface area (Å²) in [6.07, 6.45) is 0.872. The van der Waals surface area contributed by atoms with Gasteiger partial charge in [0.2, 0.25) is 5.91 Å². The summed E-state index contributed by atoms with van der Waals surface area (Å²) in [5.41, 5.74) is 6.85. The van der Waals surface area contributed by atoms with Gasteiger partial charge in [-0.3, -0.25) is 9.69 Å². The van der Waals surface area contributed by atoms with Gasteiger partial charge in [-0.05, 0) is 36.6 Å². The molecule has 1 aromatic rings. The molecule has 2 rings (SSSR count). The lowest BCUT2D eigenvalue weighted by Gasteiger charge is -2.25. The van der Waals surface area contributed by atoms with Gasteiger partial charge >= 0.3 is 0 Å². The summed E-state index contributed by atoms with van der Waals surface area (Å²) >= 11 is 0. The highest BCUT2D eigenvalue weighted by Crippen LogP contribution is 2.27. The normalized spacial score (nSPS) is 20.9. The number of nitrogens with zero attached hydrogens (tertiary/aromatic N) is 2. The van der Waals surface area contributed by atoms with Crippen LogP contribution in [0.1, 0.15) is 23.6 Å². The van der Waals surface area contributed by atoms with Crippen LogP contribution in [-0.2, 0) is 4.79 Å². The maximum absolute atomic E-state index is 11.7. The molecule has 5 nitrogen and oxygen atoms in total. The van der Waals surface area contributed by atoms with Crippen LogP contribution < -0.4 is 5.73 Å². The van der Waals surface area contributed by atoms with Gasteiger partial charge < -0.3 is 10.8 Å². The van der Waals surface area contributed by atoms with Gasteiger partial charge in [0.15, 0.2) is 0 Å². The Labute approximate surface area is 112 Å². The van der Waals surface area contributed by atoms with Crippen molar-refractivity contribution < 1.29 is 9.90 Å². The first-order valence-corrected chi connectivity index (χ1v) is 6.30. The standard InChI is InChI=1S/C14H17N3O2/c15-7-10-1-3-12(4-2-10)13(14(16)19)17-6-5-11(8-17)9-18/h1-4,11,13,18H,5-6,8-9H2,(H2,16,19). The van der Waals surface area contributed by atoms with E-state index in [0.29, 0.717) is 12.1 Å². The van der Waals surface area contributed by atoms with Gasteiger partial charge in [0.05, 0.1) is 11.6 Å². The number of aliphatic hydroxyl groups is 1. The predicted molar refractivity (Wildman–Crippen MR) is 69.9 cm³/mol. The first-order valence-electron chi connectivity index (χ1n) is 6.30. The van der Waals surface area contributed by atoms with Crippen molar-refractivity contribution in [1.29, 1.82) is 5.26 Å². The quantitative estimate of drug-likeness (QED) is 0.819. The summed E-state index contributed by atoms with van der Waals surface area (Å²) in [7, 11) is 0. The Balaban J connectivity index is 2.20. The second-order valence-electron chi connectivity index (χ2n) is 4.87. The number of nitrogens with two attached hydrogens (primary N) is 1. The van der Waals surface area contributed by atoms with Crippen LogP contribution in [-0.4, -0.2) is 35.6 Å². The summed E-state index contributed by atoms with van der Waals surface area (Å²) in [5.74, 6) is -0.191. The molecule has 1 saturated heterocycles. The topological polar surface area (TPSA) is 90.3 Å². The molecule has 1 fully saturated rings. The second-order valence-corrected chi connectivity index (χ2v) is 4.87. The van der Waals surface area contributed by atoms with Gasteiger partial charge in [-0.25, -0.2) is 0 Å². The van der Waals surface area contributed by atoms with Crippen molar-refractivity contribution in [2.24, 2.45) is 11.7 Å². The molecule has 5 heteroatoms. The molecule has 1 aromatic carbocycles. The monoisotopic (exact) mass is 259 g/mol. The number of aliphatic hydroxyl groups excluding tert-OH is 1. The molecule has 1 aliphatic rings. The predicted octanol–water partition coefficient (Wildman–Crippen LogP) is 0.399. The number of benzene rings is 1. The van der Waals surface area contributed by atoms with E-state index in [0.717, 1.165) is 18.5 Å². The Kier molecular flexibility index (Phi) is 4.15. The Hall–Kier alpha value is -1.90. The van der Waals surface area contributed by atoms with Crippen LogP contribution in [0, 0.1) is 17.2 Å². The van der Waals surface area contributed by atoms with Crippen molar-refractivity contribution in [2.75, 3.05) is 19.7 Å². The third-order valence-corrected chi connectivity index (χ3v) is 3.57. The minimum Gasteiger partial charge on any atom is -0.396 e. The lowest BCUT2D eigenvalue weighted by molar-refractivity contribution is -0.123. The van der Waals surface area contributed by atoms with Gasteiger partial charge in [-0.15, -0.1) is 0 Å². The van der Waals surface area contributed by atoms with E-state index in [1.165, 1.54) is 0 Å². The van der Waals surface area contributed by atoms with Crippen molar-refractivity contribution in [3.05, 3.63) is 35.4 Å². The van der Waals surface area contributed by atoms with E-state index < -0.39 is 11.9 Å². The maximum Gasteiger partial charge on any atom is 0.239 e. The van der Waals surface area contributed by atoms with E-state index in [4.69, 9.17) is 16.1 Å². The highest BCUT2D eigenvalue weighted by atomic mass is 16.3. The molecule has 2 unspecified atom stereocenters. The number of rotatable bonds is 4. The summed E-state index contributed by atoms with van der Waals surface area (Å²) in [6, 6.07) is 8.46. The van der Waals surface area contributed by atoms with Gasteiger partial charge in [0, 0.05) is 13.2 Å². The molecule has 0 bridgehead atoms. The molecule has 1 amide bonds. The zero-order valence-corrected chi connectivity index (χ0v) is 10.6. The molecule has 2 atom stereocenters. The molecule has 100 valence electrons. The summed E-state index contributed by atoms with van der Waals surface area (Å²) in [4.78, 5) is 13.7. The number of primary amides is 1. The Morgan fingerprint density at radius 2 is 2.21 bits per heavy atom. The minimum atomic E-state index is -0.482. The van der Waals surface area contributed by atoms with Gasteiger partial charge in [0.1, 0.15) is 6.04 Å². The molecule has 1 aliphatic heterocycles. The summed E-state index contributed by atoms with van der Waals surface area (Å²) in [5, 5.41) is 17.9. The molecule has 0 radical (unpaired) electrons. The van der Waals surface area contributed by atoms with Gasteiger partial charge in [0.25, 0.3) is 0 Å². The van der Waals surface area contributed by atoms with E-state index in [1.54, 1.807) is 24.3 Å². The smallest absolute Gasteiger partial charge is 0.239 e. The molecular weight excluding hydrogens is 242 g/mol. The lowest BCUT2D eigenvalue weighted by Crippen LogP contribution is -2.36. The first-order chi connectivity index (χ1) is 9.15. The molecule has 19 heavy (non-hydrogen) atoms. The third kappa shape index (κ3) is 2.92. The third-order valence-electron chi connectivity index (χ3n) is 3.57. The van der Waals surface area contributed by atoms with Gasteiger partial charge in [-0.2, -0.15) is 5.26 Å². The average molecular weight is 259 g/mol. The fourth-order valence-corrected chi connectivity index (χ4v) is 2.54. The van der Waals surface area contributed by atoms with E-state index in [9.17, 15) is 4.79 Å². The van der Waals surface area contributed by atoms with Crippen LogP contribution >= 0.6 is 0 Å². The first kappa shape index (κ1) is 13.5. The maximum atomic E-state index is 11.7. The molecular formula is C14H17N3O2. The lowest BCUT2D eigenvalue weighted by atomic mass is 10.0. The van der Waals surface area contributed by atoms with E-state index >= 15 is 0 Å². The zero-order valence-electron chi connectivity index (χ0n) is 10.6. The fraction of sp³-hybridized carbons (Fsp3) is 0.429. The SMILES string of the molecule is N#Cc1ccc(C(C(N)=O)N2CCC(CO)C2)cc1. The van der Waals surface area contributed by atoms with Crippen molar-refractivity contribution in [3.63, 3.8) is 0 Å². The molecule has 3 N–H and O–H groups in total. The van der Waals surface area contributed by atoms with Crippen molar-refractivity contribution in [2.45, 2.75) is 12.5 Å². The van der Waals surface area contributed by atoms with Crippen LogP contribution in [0.25, 0.3) is 0 Å². The number of hydrogen-bond donors (Lipinski definition) is 2. The summed E-state index contributed by atoms with van der Waals surface area (Å²) in [6.45, 7) is 1.55. The highest BCUT2D eigenvalue weighted by molar-refractivity contribution is 5.81. The Morgan fingerprint density at radius 3 is 2.68 bits per heavy atom. The Morgan fingerprint density at radius 1 is 1.53 bits per heavy atom. The molecule has 0 aliphatic carbocycles. The number of amides is 1. The minimum absolute atomic E-state index is 0.134. The number of carbonyl (C=O) groups is 1. The van der Waals surface area contributed by atoms with Crippen LogP contribution in [0.2, 0.25) is 0 Å². The van der Waals surface area contributed by atoms with Crippen LogP contribution in [0.5, 0.6) is 0 Å². The molecule has 0 saturated carbocycles. The zero-order chi connectivity index (χ0) is 13.8. The fourth-order valence-electron chi connectivity index (χ4n) is 2.54. The second kappa shape index (κ2) is 5.83. The largest absolute Gasteiger partial charge is 0.396 e. The van der Waals surface area contributed by atoms with Crippen LogP contribution in [0.4, 0.5) is 0 Å². The van der Waals surface area contributed by atoms with Gasteiger partial charge in [-0.1, -0.05) is 12.1 Å². The number of hydrogen-bond acceptors (Lipinski definition) is 4. The van der Waals surface area contributed by atoms with Crippen molar-refractivity contribution in [3.8, 4) is 6.07 Å². The summed E-state index contributed by atoms with van der Waals surface area (Å²) < 4.78 is 0. The Bertz CT molecular complexity index is 492. The van der Waals surface area contributed by atoms with E-state index in [2.05, 4.69) is 0 Å². The van der Waals surface area contributed by atoms with Crippen molar-refractivity contribution >= 4 is 5.91 Å². The van der Waals surface area contributed by atoms with Crippen molar-refractivity contribution in [1.82, 2.24) is 4.90 Å². The average Bonchev–Trinajstić information content (AvgIpc) is 2.88. The highest BCUT2D eigenvalue weighted by Gasteiger charge is 2.31. The van der Waals surface area contributed by atoms with Crippen LogP contribution in [0.15, 0.2) is 24.3 Å². The molecule has 0 spiro atoms. The van der Waals surface area contributed by atoms with E-state index in [1.807, 2.05) is 11.0 Å². The number of carbonyl (C=O) groups excluding carboxylic acids is 1. The van der Waals surface area contributed by atoms with E-state index in [-0.39, 0.29) is 12.5 Å².